The van der Waals surface area contributed by atoms with Crippen molar-refractivity contribution in [1.82, 2.24) is 10.2 Å². The molecule has 2 amide bonds. The largest absolute Gasteiger partial charge is 0.312 e. The second kappa shape index (κ2) is 6.45. The smallest absolute Gasteiger partial charge is 0.262 e. The summed E-state index contributed by atoms with van der Waals surface area (Å²) in [5.41, 5.74) is 1.72. The number of fused-ring (bicyclic) bond motifs is 1. The molecule has 2 heterocycles. The maximum absolute atomic E-state index is 12.9. The van der Waals surface area contributed by atoms with E-state index in [1.165, 1.54) is 4.90 Å². The Hall–Kier alpha value is -1.88. The van der Waals surface area contributed by atoms with E-state index in [2.05, 4.69) is 5.32 Å². The number of amides is 2. The lowest BCUT2D eigenvalue weighted by Crippen LogP contribution is -2.44. The highest BCUT2D eigenvalue weighted by Crippen LogP contribution is 2.37. The third kappa shape index (κ3) is 2.74. The van der Waals surface area contributed by atoms with Crippen LogP contribution >= 0.6 is 23.2 Å². The van der Waals surface area contributed by atoms with E-state index in [-0.39, 0.29) is 17.9 Å². The highest BCUT2D eigenvalue weighted by molar-refractivity contribution is 6.42. The molecule has 2 aliphatic heterocycles. The number of nitrogens with one attached hydrogen (secondary N) is 1. The first kappa shape index (κ1) is 16.6. The van der Waals surface area contributed by atoms with Gasteiger partial charge in [0.25, 0.3) is 11.8 Å². The van der Waals surface area contributed by atoms with E-state index in [1.807, 2.05) is 6.07 Å². The molecule has 0 aromatic heterocycles. The van der Waals surface area contributed by atoms with Gasteiger partial charge in [-0.25, -0.2) is 0 Å². The van der Waals surface area contributed by atoms with Gasteiger partial charge in [-0.15, -0.1) is 0 Å². The molecule has 2 aromatic carbocycles. The van der Waals surface area contributed by atoms with Crippen LogP contribution in [-0.2, 0) is 0 Å². The normalized spacial score (nSPS) is 20.9. The summed E-state index contributed by atoms with van der Waals surface area (Å²) < 4.78 is 0. The van der Waals surface area contributed by atoms with Crippen molar-refractivity contribution >= 4 is 35.0 Å². The summed E-state index contributed by atoms with van der Waals surface area (Å²) in [7, 11) is 0. The highest BCUT2D eigenvalue weighted by atomic mass is 35.5. The minimum absolute atomic E-state index is 0.000505. The first-order valence-electron chi connectivity index (χ1n) is 8.23. The molecule has 4 nitrogen and oxygen atoms in total. The number of hydrogen-bond acceptors (Lipinski definition) is 3. The van der Waals surface area contributed by atoms with Gasteiger partial charge in [0, 0.05) is 6.04 Å². The van der Waals surface area contributed by atoms with E-state index < -0.39 is 6.04 Å². The average Bonchev–Trinajstić information content (AvgIpc) is 3.22. The quantitative estimate of drug-likeness (QED) is 0.823. The van der Waals surface area contributed by atoms with Crippen molar-refractivity contribution in [1.29, 1.82) is 0 Å². The van der Waals surface area contributed by atoms with Crippen LogP contribution in [-0.4, -0.2) is 29.3 Å². The van der Waals surface area contributed by atoms with Crippen LogP contribution in [0.2, 0.25) is 10.0 Å². The fourth-order valence-corrected chi connectivity index (χ4v) is 4.01. The van der Waals surface area contributed by atoms with Gasteiger partial charge in [-0.3, -0.25) is 14.5 Å². The summed E-state index contributed by atoms with van der Waals surface area (Å²) in [4.78, 5) is 27.3. The van der Waals surface area contributed by atoms with Gasteiger partial charge in [0.15, 0.2) is 0 Å². The second-order valence-electron chi connectivity index (χ2n) is 6.35. The molecule has 1 saturated heterocycles. The molecule has 1 N–H and O–H groups in total. The Labute approximate surface area is 155 Å². The van der Waals surface area contributed by atoms with Crippen LogP contribution in [0.4, 0.5) is 0 Å². The van der Waals surface area contributed by atoms with Gasteiger partial charge in [-0.2, -0.15) is 0 Å². The zero-order valence-corrected chi connectivity index (χ0v) is 14.8. The number of carbonyl (C=O) groups is 2. The first-order valence-corrected chi connectivity index (χ1v) is 8.99. The van der Waals surface area contributed by atoms with Crippen molar-refractivity contribution in [2.24, 2.45) is 0 Å². The number of benzene rings is 2. The number of nitrogens with zero attached hydrogens (tertiary/aromatic N) is 1. The van der Waals surface area contributed by atoms with Crippen LogP contribution in [0.25, 0.3) is 0 Å². The first-order chi connectivity index (χ1) is 12.1. The molecule has 4 rings (SSSR count). The molecule has 25 heavy (non-hydrogen) atoms. The van der Waals surface area contributed by atoms with Crippen molar-refractivity contribution < 1.29 is 9.59 Å². The number of carbonyl (C=O) groups excluding carboxylic acids is 2. The van der Waals surface area contributed by atoms with Crippen molar-refractivity contribution in [3.63, 3.8) is 0 Å². The number of rotatable bonds is 3. The molecule has 1 fully saturated rings. The second-order valence-corrected chi connectivity index (χ2v) is 7.16. The van der Waals surface area contributed by atoms with Gasteiger partial charge in [0.2, 0.25) is 0 Å². The molecule has 0 saturated carbocycles. The molecule has 0 spiro atoms. The lowest BCUT2D eigenvalue weighted by molar-refractivity contribution is 0.0550. The van der Waals surface area contributed by atoms with Crippen molar-refractivity contribution in [2.75, 3.05) is 6.54 Å². The monoisotopic (exact) mass is 374 g/mol. The van der Waals surface area contributed by atoms with E-state index >= 15 is 0 Å². The number of halogens is 2. The molecule has 1 unspecified atom stereocenters. The van der Waals surface area contributed by atoms with Crippen molar-refractivity contribution in [2.45, 2.75) is 24.9 Å². The van der Waals surface area contributed by atoms with E-state index in [1.54, 1.807) is 36.4 Å². The summed E-state index contributed by atoms with van der Waals surface area (Å²) in [5, 5.41) is 4.28. The van der Waals surface area contributed by atoms with Crippen molar-refractivity contribution in [3.8, 4) is 0 Å². The number of hydrogen-bond donors (Lipinski definition) is 1. The van der Waals surface area contributed by atoms with Crippen LogP contribution in [0.5, 0.6) is 0 Å². The summed E-state index contributed by atoms with van der Waals surface area (Å²) >= 11 is 12.2. The lowest BCUT2D eigenvalue weighted by atomic mass is 9.96. The maximum atomic E-state index is 12.9. The van der Waals surface area contributed by atoms with E-state index in [4.69, 9.17) is 23.2 Å². The van der Waals surface area contributed by atoms with E-state index in [0.29, 0.717) is 21.2 Å². The van der Waals surface area contributed by atoms with Crippen LogP contribution in [0.1, 0.15) is 45.2 Å². The summed E-state index contributed by atoms with van der Waals surface area (Å²) in [6.45, 7) is 0.867. The number of imide groups is 1. The maximum Gasteiger partial charge on any atom is 0.262 e. The fourth-order valence-electron chi connectivity index (χ4n) is 3.70. The van der Waals surface area contributed by atoms with Gasteiger partial charge in [0.1, 0.15) is 0 Å². The zero-order valence-electron chi connectivity index (χ0n) is 13.3. The Morgan fingerprint density at radius 2 is 1.68 bits per heavy atom. The zero-order chi connectivity index (χ0) is 17.6. The summed E-state index contributed by atoms with van der Waals surface area (Å²) in [6, 6.07) is 11.8. The third-order valence-electron chi connectivity index (χ3n) is 4.87. The minimum atomic E-state index is -0.412. The Bertz CT molecular complexity index is 827. The SMILES string of the molecule is O=C1c2ccccc2C(=O)N1C(c1ccc(Cl)c(Cl)c1)[C@H]1CCCN1. The standard InChI is InChI=1S/C19H16Cl2N2O2/c20-14-8-7-11(10-15(14)21)17(16-6-3-9-22-16)23-18(24)12-4-1-2-5-13(12)19(23)25/h1-2,4-5,7-8,10,16-17,22H,3,6,9H2/t16-,17?/m1/s1. The lowest BCUT2D eigenvalue weighted by Gasteiger charge is -2.32. The molecular weight excluding hydrogens is 359 g/mol. The van der Waals surface area contributed by atoms with E-state index in [9.17, 15) is 9.59 Å². The summed E-state index contributed by atoms with van der Waals surface area (Å²) in [6.07, 6.45) is 1.89. The molecule has 0 radical (unpaired) electrons. The van der Waals surface area contributed by atoms with Gasteiger partial charge in [0.05, 0.1) is 27.2 Å². The Kier molecular flexibility index (Phi) is 4.28. The molecule has 2 aliphatic rings. The van der Waals surface area contributed by atoms with Crippen LogP contribution in [0, 0.1) is 0 Å². The fraction of sp³-hybridized carbons (Fsp3) is 0.263. The van der Waals surface area contributed by atoms with Gasteiger partial charge in [-0.1, -0.05) is 41.4 Å². The molecule has 0 bridgehead atoms. The molecule has 2 atom stereocenters. The molecular formula is C19H16Cl2N2O2. The summed E-state index contributed by atoms with van der Waals surface area (Å²) in [5.74, 6) is -0.518. The molecule has 0 aliphatic carbocycles. The third-order valence-corrected chi connectivity index (χ3v) is 5.61. The van der Waals surface area contributed by atoms with Gasteiger partial charge in [-0.05, 0) is 49.2 Å². The molecule has 6 heteroatoms. The Morgan fingerprint density at radius 1 is 1.00 bits per heavy atom. The van der Waals surface area contributed by atoms with Crippen LogP contribution < -0.4 is 5.32 Å². The predicted molar refractivity (Wildman–Crippen MR) is 97.2 cm³/mol. The minimum Gasteiger partial charge on any atom is -0.312 e. The topological polar surface area (TPSA) is 49.4 Å². The molecule has 2 aromatic rings. The van der Waals surface area contributed by atoms with Crippen molar-refractivity contribution in [3.05, 3.63) is 69.2 Å². The predicted octanol–water partition coefficient (Wildman–Crippen LogP) is 4.08. The highest BCUT2D eigenvalue weighted by Gasteiger charge is 2.43. The van der Waals surface area contributed by atoms with Gasteiger partial charge < -0.3 is 5.32 Å². The molecule has 128 valence electrons. The Morgan fingerprint density at radius 3 is 2.24 bits per heavy atom. The van der Waals surface area contributed by atoms with Gasteiger partial charge >= 0.3 is 0 Å². The average molecular weight is 375 g/mol. The van der Waals surface area contributed by atoms with E-state index in [0.717, 1.165) is 24.9 Å². The Balaban J connectivity index is 1.80. The van der Waals surface area contributed by atoms with Crippen LogP contribution in [0.3, 0.4) is 0 Å². The van der Waals surface area contributed by atoms with Crippen LogP contribution in [0.15, 0.2) is 42.5 Å².